The summed E-state index contributed by atoms with van der Waals surface area (Å²) in [5.41, 5.74) is 2.84. The fourth-order valence-corrected chi connectivity index (χ4v) is 1.96. The molecular formula is C16H13F2N3O4. The Kier molecular flexibility index (Phi) is 5.72. The lowest BCUT2D eigenvalue weighted by atomic mass is 10.1. The van der Waals surface area contributed by atoms with Crippen molar-refractivity contribution in [2.75, 3.05) is 0 Å². The van der Waals surface area contributed by atoms with E-state index in [1.54, 1.807) is 6.07 Å². The van der Waals surface area contributed by atoms with Gasteiger partial charge < -0.3 is 4.74 Å². The van der Waals surface area contributed by atoms with Crippen molar-refractivity contribution < 1.29 is 23.2 Å². The lowest BCUT2D eigenvalue weighted by Gasteiger charge is -2.10. The van der Waals surface area contributed by atoms with Crippen molar-refractivity contribution in [3.05, 3.63) is 69.8 Å². The summed E-state index contributed by atoms with van der Waals surface area (Å²) in [6.07, 6.45) is 0. The molecule has 0 spiro atoms. The van der Waals surface area contributed by atoms with Crippen molar-refractivity contribution >= 4 is 17.3 Å². The van der Waals surface area contributed by atoms with E-state index in [2.05, 4.69) is 15.3 Å². The van der Waals surface area contributed by atoms with E-state index in [1.807, 2.05) is 0 Å². The van der Waals surface area contributed by atoms with Crippen LogP contribution in [0, 0.1) is 10.1 Å². The van der Waals surface area contributed by atoms with Crippen LogP contribution in [0.4, 0.5) is 14.5 Å². The molecule has 9 heteroatoms. The minimum atomic E-state index is -2.98. The number of benzene rings is 2. The van der Waals surface area contributed by atoms with Gasteiger partial charge in [-0.25, -0.2) is 5.43 Å². The summed E-state index contributed by atoms with van der Waals surface area (Å²) in [7, 11) is 0. The molecule has 0 saturated carbocycles. The molecule has 2 rings (SSSR count). The van der Waals surface area contributed by atoms with Gasteiger partial charge in [-0.15, -0.1) is 0 Å². The average Bonchev–Trinajstić information content (AvgIpc) is 2.59. The van der Waals surface area contributed by atoms with Crippen LogP contribution in [0.15, 0.2) is 53.6 Å². The largest absolute Gasteiger partial charge is 0.434 e. The summed E-state index contributed by atoms with van der Waals surface area (Å²) in [6.45, 7) is -1.47. The summed E-state index contributed by atoms with van der Waals surface area (Å²) in [4.78, 5) is 22.0. The number of hydrazone groups is 1. The number of carbonyl (C=O) groups is 1. The molecule has 0 radical (unpaired) electrons. The van der Waals surface area contributed by atoms with Crippen molar-refractivity contribution in [3.63, 3.8) is 0 Å². The van der Waals surface area contributed by atoms with Crippen molar-refractivity contribution in [1.82, 2.24) is 5.43 Å². The second-order valence-corrected chi connectivity index (χ2v) is 4.82. The molecule has 130 valence electrons. The zero-order valence-corrected chi connectivity index (χ0v) is 13.0. The van der Waals surface area contributed by atoms with Crippen LogP contribution in [0.3, 0.4) is 0 Å². The van der Waals surface area contributed by atoms with E-state index in [0.717, 1.165) is 0 Å². The fourth-order valence-electron chi connectivity index (χ4n) is 1.96. The molecule has 0 aliphatic heterocycles. The third-order valence-corrected chi connectivity index (χ3v) is 3.16. The molecule has 1 N–H and O–H groups in total. The number of nitrogens with zero attached hydrogens (tertiary/aromatic N) is 2. The normalized spacial score (nSPS) is 11.3. The number of rotatable bonds is 6. The van der Waals surface area contributed by atoms with Gasteiger partial charge in [0.2, 0.25) is 0 Å². The Labute approximate surface area is 141 Å². The van der Waals surface area contributed by atoms with Crippen LogP contribution in [-0.2, 0) is 0 Å². The Balaban J connectivity index is 2.13. The predicted octanol–water partition coefficient (Wildman–Crippen LogP) is 3.35. The highest BCUT2D eigenvalue weighted by Gasteiger charge is 2.12. The number of hydrogen-bond donors (Lipinski definition) is 1. The van der Waals surface area contributed by atoms with Crippen LogP contribution in [0.5, 0.6) is 5.75 Å². The van der Waals surface area contributed by atoms with Crippen LogP contribution < -0.4 is 10.2 Å². The Bertz CT molecular complexity index is 807. The van der Waals surface area contributed by atoms with Gasteiger partial charge in [-0.1, -0.05) is 12.1 Å². The molecule has 7 nitrogen and oxygen atoms in total. The summed E-state index contributed by atoms with van der Waals surface area (Å²) in [5.74, 6) is -0.662. The molecule has 0 aromatic heterocycles. The Hall–Kier alpha value is -3.36. The number of alkyl halides is 2. The summed E-state index contributed by atoms with van der Waals surface area (Å²) in [5, 5.41) is 14.4. The van der Waals surface area contributed by atoms with Crippen LogP contribution >= 0.6 is 0 Å². The maximum atomic E-state index is 12.4. The molecule has 0 heterocycles. The zero-order valence-electron chi connectivity index (χ0n) is 13.0. The lowest BCUT2D eigenvalue weighted by Crippen LogP contribution is -2.19. The summed E-state index contributed by atoms with van der Waals surface area (Å²) < 4.78 is 29.2. The highest BCUT2D eigenvalue weighted by molar-refractivity contribution is 6.02. The first kappa shape index (κ1) is 18.0. The molecule has 0 bridgehead atoms. The molecule has 0 saturated heterocycles. The molecule has 1 amide bonds. The van der Waals surface area contributed by atoms with E-state index in [9.17, 15) is 23.7 Å². The third kappa shape index (κ3) is 4.80. The standard InChI is InChI=1S/C16H13F2N3O4/c1-10(13-4-2-3-5-14(13)25-16(17)18)19-20-15(22)11-6-8-12(9-7-11)21(23)24/h2-9,16H,1H3,(H,20,22)/b19-10-. The number of nitro groups is 1. The zero-order chi connectivity index (χ0) is 18.4. The van der Waals surface area contributed by atoms with E-state index in [1.165, 1.54) is 49.4 Å². The van der Waals surface area contributed by atoms with E-state index in [-0.39, 0.29) is 22.7 Å². The number of para-hydroxylation sites is 1. The molecule has 25 heavy (non-hydrogen) atoms. The lowest BCUT2D eigenvalue weighted by molar-refractivity contribution is -0.384. The first-order valence-corrected chi connectivity index (χ1v) is 7.02. The number of carbonyl (C=O) groups excluding carboxylic acids is 1. The molecule has 0 unspecified atom stereocenters. The van der Waals surface area contributed by atoms with E-state index >= 15 is 0 Å². The highest BCUT2D eigenvalue weighted by atomic mass is 19.3. The van der Waals surface area contributed by atoms with Crippen molar-refractivity contribution in [2.24, 2.45) is 5.10 Å². The molecular weight excluding hydrogens is 336 g/mol. The van der Waals surface area contributed by atoms with Crippen LogP contribution in [-0.4, -0.2) is 23.2 Å². The van der Waals surface area contributed by atoms with E-state index in [0.29, 0.717) is 5.56 Å². The monoisotopic (exact) mass is 349 g/mol. The minimum absolute atomic E-state index is 0.0664. The Morgan fingerprint density at radius 2 is 1.84 bits per heavy atom. The number of nitrogens with one attached hydrogen (secondary N) is 1. The third-order valence-electron chi connectivity index (χ3n) is 3.16. The number of nitro benzene ring substituents is 1. The number of hydrogen-bond acceptors (Lipinski definition) is 5. The summed E-state index contributed by atoms with van der Waals surface area (Å²) >= 11 is 0. The topological polar surface area (TPSA) is 93.8 Å². The molecule has 2 aromatic rings. The van der Waals surface area contributed by atoms with Crippen LogP contribution in [0.2, 0.25) is 0 Å². The quantitative estimate of drug-likeness (QED) is 0.492. The first-order valence-electron chi connectivity index (χ1n) is 7.02. The van der Waals surface area contributed by atoms with Crippen LogP contribution in [0.1, 0.15) is 22.8 Å². The minimum Gasteiger partial charge on any atom is -0.434 e. The Morgan fingerprint density at radius 1 is 1.20 bits per heavy atom. The van der Waals surface area contributed by atoms with Gasteiger partial charge >= 0.3 is 6.61 Å². The SMILES string of the molecule is C/C(=N/NC(=O)c1ccc([N+](=O)[O-])cc1)c1ccccc1OC(F)F. The molecule has 0 fully saturated rings. The van der Waals surface area contributed by atoms with Gasteiger partial charge in [0.05, 0.1) is 10.6 Å². The summed E-state index contributed by atoms with van der Waals surface area (Å²) in [6, 6.07) is 11.0. The Morgan fingerprint density at radius 3 is 2.44 bits per heavy atom. The fraction of sp³-hybridized carbons (Fsp3) is 0.125. The van der Waals surface area contributed by atoms with Crippen molar-refractivity contribution in [3.8, 4) is 5.75 Å². The smallest absolute Gasteiger partial charge is 0.387 e. The molecule has 0 atom stereocenters. The highest BCUT2D eigenvalue weighted by Crippen LogP contribution is 2.21. The number of amides is 1. The second-order valence-electron chi connectivity index (χ2n) is 4.82. The number of halogens is 2. The average molecular weight is 349 g/mol. The van der Waals surface area contributed by atoms with Gasteiger partial charge in [0.25, 0.3) is 11.6 Å². The van der Waals surface area contributed by atoms with E-state index in [4.69, 9.17) is 0 Å². The number of ether oxygens (including phenoxy) is 1. The van der Waals surface area contributed by atoms with Crippen LogP contribution in [0.25, 0.3) is 0 Å². The molecule has 2 aromatic carbocycles. The molecule has 0 aliphatic carbocycles. The van der Waals surface area contributed by atoms with Crippen molar-refractivity contribution in [1.29, 1.82) is 0 Å². The van der Waals surface area contributed by atoms with Gasteiger partial charge in [-0.05, 0) is 31.2 Å². The van der Waals surface area contributed by atoms with Gasteiger partial charge in [0, 0.05) is 23.3 Å². The molecule has 0 aliphatic rings. The number of non-ortho nitro benzene ring substituents is 1. The van der Waals surface area contributed by atoms with Gasteiger partial charge in [-0.3, -0.25) is 14.9 Å². The van der Waals surface area contributed by atoms with Crippen molar-refractivity contribution in [2.45, 2.75) is 13.5 Å². The predicted molar refractivity (Wildman–Crippen MR) is 85.8 cm³/mol. The second kappa shape index (κ2) is 7.95. The van der Waals surface area contributed by atoms with Gasteiger partial charge in [0.1, 0.15) is 5.75 Å². The first-order chi connectivity index (χ1) is 11.9. The maximum Gasteiger partial charge on any atom is 0.387 e. The maximum absolute atomic E-state index is 12.4. The van der Waals surface area contributed by atoms with Gasteiger partial charge in [0.15, 0.2) is 0 Å². The van der Waals surface area contributed by atoms with E-state index < -0.39 is 17.4 Å². The van der Waals surface area contributed by atoms with Gasteiger partial charge in [-0.2, -0.15) is 13.9 Å².